The Balaban J connectivity index is 1.22. The number of aromatic nitrogens is 5. The highest BCUT2D eigenvalue weighted by Crippen LogP contribution is 2.65. The molecule has 2 unspecified atom stereocenters. The Bertz CT molecular complexity index is 1270. The predicted molar refractivity (Wildman–Crippen MR) is 121 cm³/mol. The van der Waals surface area contributed by atoms with Gasteiger partial charge < -0.3 is 5.32 Å². The fraction of sp³-hybridized carbons (Fsp3) is 0.545. The van der Waals surface area contributed by atoms with Gasteiger partial charge in [0.2, 0.25) is 5.95 Å². The van der Waals surface area contributed by atoms with Gasteiger partial charge >= 0.3 is 0 Å². The summed E-state index contributed by atoms with van der Waals surface area (Å²) in [5.41, 5.74) is -0.923. The van der Waals surface area contributed by atoms with Crippen molar-refractivity contribution in [2.75, 3.05) is 18.4 Å². The van der Waals surface area contributed by atoms with E-state index in [2.05, 4.69) is 24.7 Å². The molecule has 174 valence electrons. The molecule has 4 heterocycles. The van der Waals surface area contributed by atoms with Crippen molar-refractivity contribution in [1.29, 1.82) is 0 Å². The summed E-state index contributed by atoms with van der Waals surface area (Å²) < 4.78 is 32.7. The zero-order valence-corrected chi connectivity index (χ0v) is 19.1. The number of pyridine rings is 1. The predicted octanol–water partition coefficient (Wildman–Crippen LogP) is 3.56. The quantitative estimate of drug-likeness (QED) is 0.549. The van der Waals surface area contributed by atoms with Gasteiger partial charge in [-0.25, -0.2) is 18.1 Å². The number of hydrogen-bond donors (Lipinski definition) is 1. The molecule has 2 saturated carbocycles. The molecule has 6 rings (SSSR count). The number of alkyl halides is 2. The van der Waals surface area contributed by atoms with Crippen LogP contribution < -0.4 is 10.9 Å². The van der Waals surface area contributed by atoms with E-state index in [0.717, 1.165) is 50.2 Å². The van der Waals surface area contributed by atoms with Gasteiger partial charge in [-0.05, 0) is 62.1 Å². The zero-order chi connectivity index (χ0) is 22.7. The van der Waals surface area contributed by atoms with Gasteiger partial charge in [-0.1, -0.05) is 0 Å². The van der Waals surface area contributed by atoms with Crippen LogP contribution in [0.3, 0.4) is 0 Å². The molecule has 2 atom stereocenters. The van der Waals surface area contributed by atoms with E-state index in [4.69, 9.17) is 0 Å². The molecular formula is C22H25F2N7OS. The summed E-state index contributed by atoms with van der Waals surface area (Å²) >= 11 is 1.66. The van der Waals surface area contributed by atoms with Crippen LogP contribution in [0, 0.1) is 5.92 Å². The minimum atomic E-state index is -2.81. The summed E-state index contributed by atoms with van der Waals surface area (Å²) in [4.78, 5) is 22.0. The van der Waals surface area contributed by atoms with Gasteiger partial charge in [0, 0.05) is 44.0 Å². The monoisotopic (exact) mass is 473 g/mol. The number of anilines is 1. The van der Waals surface area contributed by atoms with Crippen molar-refractivity contribution >= 4 is 28.9 Å². The standard InChI is InChI=1S/C22H25F2N7OS/c1-29-7-5-17(28-29)33-30-8-3-15(4-9-30)26-21-25-12-13-10-16(18(23)24)20(32)31(19(13)27-21)22-6-2-14(22)11-22/h5,7,10,12,14-15,18H,2-4,6,8-9,11H2,1H3,(H,25,26,27). The first-order valence-electron chi connectivity index (χ1n) is 11.3. The summed E-state index contributed by atoms with van der Waals surface area (Å²) in [6.07, 6.45) is 5.28. The normalized spacial score (nSPS) is 25.3. The highest BCUT2D eigenvalue weighted by molar-refractivity contribution is 7.97. The molecule has 3 fully saturated rings. The molecule has 1 aliphatic heterocycles. The minimum Gasteiger partial charge on any atom is -0.351 e. The molecule has 2 aliphatic carbocycles. The molecule has 0 amide bonds. The lowest BCUT2D eigenvalue weighted by atomic mass is 9.92. The van der Waals surface area contributed by atoms with Crippen LogP contribution in [-0.4, -0.2) is 47.8 Å². The van der Waals surface area contributed by atoms with E-state index >= 15 is 0 Å². The molecule has 33 heavy (non-hydrogen) atoms. The number of hydrogen-bond acceptors (Lipinski definition) is 7. The Morgan fingerprint density at radius 3 is 2.70 bits per heavy atom. The van der Waals surface area contributed by atoms with Crippen LogP contribution in [0.5, 0.6) is 0 Å². The molecule has 1 saturated heterocycles. The molecule has 3 aromatic rings. The van der Waals surface area contributed by atoms with E-state index in [1.165, 1.54) is 6.07 Å². The number of piperidine rings is 1. The maximum atomic E-state index is 13.5. The summed E-state index contributed by atoms with van der Waals surface area (Å²) in [7, 11) is 1.91. The number of aryl methyl sites for hydroxylation is 1. The maximum Gasteiger partial charge on any atom is 0.269 e. The van der Waals surface area contributed by atoms with E-state index < -0.39 is 17.5 Å². The first kappa shape index (κ1) is 21.0. The fourth-order valence-corrected chi connectivity index (χ4v) is 6.19. The molecule has 3 aliphatic rings. The third-order valence-electron chi connectivity index (χ3n) is 7.27. The second-order valence-electron chi connectivity index (χ2n) is 9.32. The van der Waals surface area contributed by atoms with Gasteiger partial charge in [-0.2, -0.15) is 10.1 Å². The SMILES string of the molecule is Cn1ccc(SN2CCC(Nc3ncc4cc(C(F)F)c(=O)n(C56CCC5C6)c4n3)CC2)n1. The Hall–Kier alpha value is -2.53. The molecule has 8 nitrogen and oxygen atoms in total. The maximum absolute atomic E-state index is 13.5. The number of nitrogens with zero attached hydrogens (tertiary/aromatic N) is 6. The molecule has 0 bridgehead atoms. The summed E-state index contributed by atoms with van der Waals surface area (Å²) in [5, 5.41) is 9.29. The molecule has 11 heteroatoms. The fourth-order valence-electron chi connectivity index (χ4n) is 5.24. The van der Waals surface area contributed by atoms with Crippen LogP contribution >= 0.6 is 11.9 Å². The van der Waals surface area contributed by atoms with Crippen molar-refractivity contribution < 1.29 is 8.78 Å². The molecule has 1 N–H and O–H groups in total. The van der Waals surface area contributed by atoms with Gasteiger partial charge in [0.1, 0.15) is 10.7 Å². The highest BCUT2D eigenvalue weighted by atomic mass is 32.2. The lowest BCUT2D eigenvalue weighted by molar-refractivity contribution is 0.148. The lowest BCUT2D eigenvalue weighted by Crippen LogP contribution is -2.39. The number of fused-ring (bicyclic) bond motifs is 2. The van der Waals surface area contributed by atoms with Crippen molar-refractivity contribution in [3.63, 3.8) is 0 Å². The first-order chi connectivity index (χ1) is 15.9. The van der Waals surface area contributed by atoms with E-state index in [0.29, 0.717) is 22.9 Å². The topological polar surface area (TPSA) is 80.9 Å². The molecule has 0 aromatic carbocycles. The van der Waals surface area contributed by atoms with Crippen molar-refractivity contribution in [3.8, 4) is 0 Å². The third kappa shape index (κ3) is 3.61. The van der Waals surface area contributed by atoms with Crippen molar-refractivity contribution in [2.24, 2.45) is 13.0 Å². The van der Waals surface area contributed by atoms with Gasteiger partial charge in [-0.3, -0.25) is 14.0 Å². The lowest BCUT2D eigenvalue weighted by Gasteiger charge is -2.31. The average Bonchev–Trinajstić information content (AvgIpc) is 3.09. The van der Waals surface area contributed by atoms with Crippen LogP contribution in [0.2, 0.25) is 0 Å². The van der Waals surface area contributed by atoms with Crippen molar-refractivity contribution in [3.05, 3.63) is 40.4 Å². The zero-order valence-electron chi connectivity index (χ0n) is 18.2. The Morgan fingerprint density at radius 2 is 2.09 bits per heavy atom. The van der Waals surface area contributed by atoms with Crippen molar-refractivity contribution in [1.82, 2.24) is 28.6 Å². The van der Waals surface area contributed by atoms with E-state index in [9.17, 15) is 13.6 Å². The second-order valence-corrected chi connectivity index (χ2v) is 10.4. The van der Waals surface area contributed by atoms with E-state index in [-0.39, 0.29) is 11.6 Å². The largest absolute Gasteiger partial charge is 0.351 e. The van der Waals surface area contributed by atoms with Crippen LogP contribution in [0.15, 0.2) is 34.3 Å². The number of rotatable bonds is 6. The molecule has 3 aromatic heterocycles. The van der Waals surface area contributed by atoms with Gasteiger partial charge in [0.25, 0.3) is 12.0 Å². The Kier molecular flexibility index (Phi) is 4.95. The number of halogens is 2. The van der Waals surface area contributed by atoms with Crippen LogP contribution in [-0.2, 0) is 12.6 Å². The van der Waals surface area contributed by atoms with Crippen molar-refractivity contribution in [2.45, 2.75) is 55.1 Å². The van der Waals surface area contributed by atoms with Crippen LogP contribution in [0.4, 0.5) is 14.7 Å². The molecule has 0 spiro atoms. The highest BCUT2D eigenvalue weighted by Gasteiger charge is 2.63. The number of nitrogens with one attached hydrogen (secondary N) is 1. The van der Waals surface area contributed by atoms with Gasteiger partial charge in [-0.15, -0.1) is 0 Å². The molecular weight excluding hydrogens is 448 g/mol. The Labute approximate surface area is 193 Å². The van der Waals surface area contributed by atoms with Gasteiger partial charge in [0.15, 0.2) is 0 Å². The summed E-state index contributed by atoms with van der Waals surface area (Å²) in [6.45, 7) is 1.81. The third-order valence-corrected chi connectivity index (χ3v) is 8.30. The van der Waals surface area contributed by atoms with Crippen LogP contribution in [0.1, 0.15) is 44.1 Å². The minimum absolute atomic E-state index is 0.207. The van der Waals surface area contributed by atoms with E-state index in [1.54, 1.807) is 27.4 Å². The second kappa shape index (κ2) is 7.76. The first-order valence-corrected chi connectivity index (χ1v) is 12.1. The van der Waals surface area contributed by atoms with Crippen LogP contribution in [0.25, 0.3) is 11.0 Å². The summed E-state index contributed by atoms with van der Waals surface area (Å²) in [6, 6.07) is 3.46. The molecule has 0 radical (unpaired) electrons. The smallest absolute Gasteiger partial charge is 0.269 e. The summed E-state index contributed by atoms with van der Waals surface area (Å²) in [5.74, 6) is 0.850. The Morgan fingerprint density at radius 1 is 1.27 bits per heavy atom. The van der Waals surface area contributed by atoms with E-state index in [1.807, 2.05) is 19.3 Å². The average molecular weight is 474 g/mol. The van der Waals surface area contributed by atoms with Gasteiger partial charge in [0.05, 0.1) is 11.1 Å².